The molecule has 0 radical (unpaired) electrons. The average Bonchev–Trinajstić information content (AvgIpc) is 2.88. The molecule has 4 rings (SSSR count). The Morgan fingerprint density at radius 2 is 1.00 bits per heavy atom. The first kappa shape index (κ1) is 15.6. The third kappa shape index (κ3) is 2.62. The molecule has 0 unspecified atom stereocenters. The maximum absolute atomic E-state index is 13.2. The quantitative estimate of drug-likeness (QED) is 0.585. The second-order valence-electron chi connectivity index (χ2n) is 6.86. The van der Waals surface area contributed by atoms with Crippen LogP contribution >= 0.6 is 0 Å². The Bertz CT molecular complexity index is 1000. The normalized spacial score (nSPS) is 13.3. The van der Waals surface area contributed by atoms with Gasteiger partial charge < -0.3 is 0 Å². The lowest BCUT2D eigenvalue weighted by Gasteiger charge is -2.10. The van der Waals surface area contributed by atoms with Crippen LogP contribution in [0.1, 0.15) is 43.7 Å². The van der Waals surface area contributed by atoms with Crippen LogP contribution in [0, 0.1) is 20.8 Å². The van der Waals surface area contributed by atoms with E-state index < -0.39 is 0 Å². The van der Waals surface area contributed by atoms with Gasteiger partial charge in [-0.25, -0.2) is 0 Å². The largest absolute Gasteiger partial charge is 0.289 e. The fourth-order valence-electron chi connectivity index (χ4n) is 3.46. The first-order valence-electron chi connectivity index (χ1n) is 8.58. The van der Waals surface area contributed by atoms with Crippen LogP contribution in [0.3, 0.4) is 0 Å². The summed E-state index contributed by atoms with van der Waals surface area (Å²) in [6.07, 6.45) is 0. The number of hydrogen-bond donors (Lipinski definition) is 0. The summed E-state index contributed by atoms with van der Waals surface area (Å²) in [4.78, 5) is 13.2. The minimum atomic E-state index is 0.120. The van der Waals surface area contributed by atoms with Crippen molar-refractivity contribution >= 4 is 16.9 Å². The Hall–Kier alpha value is -2.93. The van der Waals surface area contributed by atoms with E-state index in [0.29, 0.717) is 0 Å². The summed E-state index contributed by atoms with van der Waals surface area (Å²) in [5.41, 5.74) is 9.37. The van der Waals surface area contributed by atoms with Crippen LogP contribution in [0.2, 0.25) is 0 Å². The van der Waals surface area contributed by atoms with Gasteiger partial charge in [-0.1, -0.05) is 83.4 Å². The van der Waals surface area contributed by atoms with Gasteiger partial charge in [0.05, 0.1) is 0 Å². The third-order valence-corrected chi connectivity index (χ3v) is 4.85. The van der Waals surface area contributed by atoms with E-state index in [2.05, 4.69) is 75.4 Å². The van der Waals surface area contributed by atoms with Crippen molar-refractivity contribution in [1.29, 1.82) is 0 Å². The SMILES string of the molecule is Cc1ccc(C2=C(c3ccc(C)cc3)c3cc(C)ccc3C2=O)cc1. The molecule has 0 N–H and O–H groups in total. The molecule has 0 saturated heterocycles. The maximum Gasteiger partial charge on any atom is 0.194 e. The molecule has 0 aromatic heterocycles. The zero-order valence-corrected chi connectivity index (χ0v) is 14.8. The van der Waals surface area contributed by atoms with E-state index in [1.165, 1.54) is 16.7 Å². The maximum atomic E-state index is 13.2. The molecule has 0 saturated carbocycles. The standard InChI is InChI=1S/C24H20O/c1-15-4-9-18(10-5-15)22-21-14-17(3)8-13-20(21)24(25)23(22)19-11-6-16(2)7-12-19/h4-14H,1-3H3. The summed E-state index contributed by atoms with van der Waals surface area (Å²) < 4.78 is 0. The number of aryl methyl sites for hydroxylation is 3. The van der Waals surface area contributed by atoms with Gasteiger partial charge in [-0.3, -0.25) is 4.79 Å². The van der Waals surface area contributed by atoms with Gasteiger partial charge in [0, 0.05) is 16.7 Å². The van der Waals surface area contributed by atoms with Gasteiger partial charge >= 0.3 is 0 Å². The summed E-state index contributed by atoms with van der Waals surface area (Å²) in [6, 6.07) is 22.8. The van der Waals surface area contributed by atoms with E-state index in [4.69, 9.17) is 0 Å². The summed E-state index contributed by atoms with van der Waals surface area (Å²) in [5.74, 6) is 0.120. The molecule has 1 heteroatoms. The molecule has 0 atom stereocenters. The Morgan fingerprint density at radius 1 is 0.520 bits per heavy atom. The third-order valence-electron chi connectivity index (χ3n) is 4.85. The second-order valence-corrected chi connectivity index (χ2v) is 6.86. The molecule has 0 spiro atoms. The van der Waals surface area contributed by atoms with Gasteiger partial charge in [-0.15, -0.1) is 0 Å². The number of ketones is 1. The Kier molecular flexibility index (Phi) is 3.65. The van der Waals surface area contributed by atoms with E-state index in [1.54, 1.807) is 0 Å². The van der Waals surface area contributed by atoms with Crippen LogP contribution in [-0.2, 0) is 0 Å². The zero-order chi connectivity index (χ0) is 17.6. The van der Waals surface area contributed by atoms with E-state index >= 15 is 0 Å². The summed E-state index contributed by atoms with van der Waals surface area (Å²) >= 11 is 0. The zero-order valence-electron chi connectivity index (χ0n) is 14.8. The van der Waals surface area contributed by atoms with Gasteiger partial charge in [0.1, 0.15) is 0 Å². The highest BCUT2D eigenvalue weighted by atomic mass is 16.1. The highest BCUT2D eigenvalue weighted by Crippen LogP contribution is 2.42. The molecule has 3 aromatic carbocycles. The lowest BCUT2D eigenvalue weighted by Crippen LogP contribution is -1.98. The molecule has 1 nitrogen and oxygen atoms in total. The molecule has 122 valence electrons. The second kappa shape index (κ2) is 5.86. The molecule has 1 aliphatic rings. The van der Waals surface area contributed by atoms with Gasteiger partial charge in [0.2, 0.25) is 0 Å². The van der Waals surface area contributed by atoms with Crippen LogP contribution in [0.15, 0.2) is 66.7 Å². The Labute approximate surface area is 148 Å². The first-order chi connectivity index (χ1) is 12.0. The molecule has 0 bridgehead atoms. The fraction of sp³-hybridized carbons (Fsp3) is 0.125. The van der Waals surface area contributed by atoms with E-state index in [-0.39, 0.29) is 5.78 Å². The van der Waals surface area contributed by atoms with Crippen molar-refractivity contribution in [3.8, 4) is 0 Å². The summed E-state index contributed by atoms with van der Waals surface area (Å²) in [6.45, 7) is 6.21. The molecular formula is C24H20O. The number of carbonyl (C=O) groups excluding carboxylic acids is 1. The lowest BCUT2D eigenvalue weighted by atomic mass is 9.93. The summed E-state index contributed by atoms with van der Waals surface area (Å²) in [5, 5.41) is 0. The number of hydrogen-bond acceptors (Lipinski definition) is 1. The fourth-order valence-corrected chi connectivity index (χ4v) is 3.46. The first-order valence-corrected chi connectivity index (χ1v) is 8.58. The number of fused-ring (bicyclic) bond motifs is 1. The van der Waals surface area contributed by atoms with Gasteiger partial charge in [0.15, 0.2) is 5.78 Å². The molecule has 3 aromatic rings. The number of carbonyl (C=O) groups is 1. The van der Waals surface area contributed by atoms with E-state index in [9.17, 15) is 4.79 Å². The van der Waals surface area contributed by atoms with Crippen molar-refractivity contribution in [1.82, 2.24) is 0 Å². The lowest BCUT2D eigenvalue weighted by molar-refractivity contribution is 0.105. The summed E-state index contributed by atoms with van der Waals surface area (Å²) in [7, 11) is 0. The topological polar surface area (TPSA) is 17.1 Å². The molecule has 0 fully saturated rings. The van der Waals surface area contributed by atoms with Gasteiger partial charge in [-0.2, -0.15) is 0 Å². The number of Topliss-reactive ketones (excluding diaryl/α,β-unsaturated/α-hetero) is 1. The molecule has 0 heterocycles. The number of benzene rings is 3. The van der Waals surface area contributed by atoms with Crippen LogP contribution in [0.25, 0.3) is 11.1 Å². The smallest absolute Gasteiger partial charge is 0.194 e. The van der Waals surface area contributed by atoms with Crippen molar-refractivity contribution < 1.29 is 4.79 Å². The van der Waals surface area contributed by atoms with Crippen LogP contribution in [0.5, 0.6) is 0 Å². The molecule has 0 aliphatic heterocycles. The Morgan fingerprint density at radius 3 is 1.56 bits per heavy atom. The van der Waals surface area contributed by atoms with Gasteiger partial charge in [0.25, 0.3) is 0 Å². The van der Waals surface area contributed by atoms with Crippen molar-refractivity contribution in [3.63, 3.8) is 0 Å². The monoisotopic (exact) mass is 324 g/mol. The van der Waals surface area contributed by atoms with Crippen LogP contribution in [-0.4, -0.2) is 5.78 Å². The molecular weight excluding hydrogens is 304 g/mol. The van der Waals surface area contributed by atoms with Crippen LogP contribution in [0.4, 0.5) is 0 Å². The molecule has 1 aliphatic carbocycles. The molecule has 0 amide bonds. The number of allylic oxidation sites excluding steroid dienone is 1. The number of rotatable bonds is 2. The highest BCUT2D eigenvalue weighted by Gasteiger charge is 2.31. The van der Waals surface area contributed by atoms with E-state index in [0.717, 1.165) is 33.4 Å². The predicted octanol–water partition coefficient (Wildman–Crippen LogP) is 5.77. The highest BCUT2D eigenvalue weighted by molar-refractivity contribution is 6.41. The van der Waals surface area contributed by atoms with Crippen molar-refractivity contribution in [2.45, 2.75) is 20.8 Å². The van der Waals surface area contributed by atoms with Crippen molar-refractivity contribution in [3.05, 3.63) is 106 Å². The van der Waals surface area contributed by atoms with E-state index in [1.807, 2.05) is 12.1 Å². The minimum Gasteiger partial charge on any atom is -0.289 e. The molecule has 25 heavy (non-hydrogen) atoms. The average molecular weight is 324 g/mol. The van der Waals surface area contributed by atoms with Crippen molar-refractivity contribution in [2.75, 3.05) is 0 Å². The van der Waals surface area contributed by atoms with Crippen LogP contribution < -0.4 is 0 Å². The van der Waals surface area contributed by atoms with Crippen molar-refractivity contribution in [2.24, 2.45) is 0 Å². The Balaban J connectivity index is 2.02. The minimum absolute atomic E-state index is 0.120. The van der Waals surface area contributed by atoms with Gasteiger partial charge in [-0.05, 0) is 37.5 Å². The predicted molar refractivity (Wildman–Crippen MR) is 104 cm³/mol.